The van der Waals surface area contributed by atoms with Crippen LogP contribution in [0.15, 0.2) is 18.2 Å². The maximum atomic E-state index is 13.2. The van der Waals surface area contributed by atoms with Crippen LogP contribution in [0.1, 0.15) is 28.8 Å². The van der Waals surface area contributed by atoms with E-state index in [0.29, 0.717) is 0 Å². The third-order valence-electron chi connectivity index (χ3n) is 2.88. The largest absolute Gasteiger partial charge is 0.384 e. The Bertz CT molecular complexity index is 615. The maximum absolute atomic E-state index is 13.2. The molecule has 0 aliphatic heterocycles. The highest BCUT2D eigenvalue weighted by Gasteiger charge is 2.23. The van der Waals surface area contributed by atoms with Crippen molar-refractivity contribution >= 4 is 11.8 Å². The summed E-state index contributed by atoms with van der Waals surface area (Å²) in [7, 11) is 0. The van der Waals surface area contributed by atoms with E-state index in [-0.39, 0.29) is 36.2 Å². The fraction of sp³-hybridized carbons (Fsp3) is 0.333. The van der Waals surface area contributed by atoms with E-state index in [1.807, 2.05) is 0 Å². The molecule has 5 nitrogen and oxygen atoms in total. The molecule has 1 aromatic rings. The molecule has 0 aromatic heterocycles. The van der Waals surface area contributed by atoms with Gasteiger partial charge in [0.15, 0.2) is 0 Å². The Kier molecular flexibility index (Phi) is 4.90. The molecule has 2 amide bonds. The molecule has 0 bridgehead atoms. The highest BCUT2D eigenvalue weighted by molar-refractivity contribution is 5.98. The molecule has 0 unspecified atom stereocenters. The molecule has 3 N–H and O–H groups in total. The summed E-state index contributed by atoms with van der Waals surface area (Å²) >= 11 is 0. The van der Waals surface area contributed by atoms with Crippen LogP contribution in [0.4, 0.5) is 4.39 Å². The third kappa shape index (κ3) is 4.58. The summed E-state index contributed by atoms with van der Waals surface area (Å²) in [6.45, 7) is -0.527. The van der Waals surface area contributed by atoms with Crippen LogP contribution in [0.3, 0.4) is 0 Å². The van der Waals surface area contributed by atoms with Crippen molar-refractivity contribution in [1.82, 2.24) is 10.6 Å². The summed E-state index contributed by atoms with van der Waals surface area (Å²) < 4.78 is 13.2. The highest BCUT2D eigenvalue weighted by atomic mass is 19.1. The Morgan fingerprint density at radius 2 is 2.14 bits per heavy atom. The standard InChI is InChI=1S/C15H15FN2O3/c16-11-3-6-13(10(8-11)2-1-7-19)15(21)17-9-14(20)18-12-4-5-12/h3,6,8,12,19H,4-5,7,9H2,(H,17,21)(H,18,20). The van der Waals surface area contributed by atoms with E-state index >= 15 is 0 Å². The van der Waals surface area contributed by atoms with Gasteiger partial charge in [-0.25, -0.2) is 4.39 Å². The molecule has 110 valence electrons. The maximum Gasteiger partial charge on any atom is 0.252 e. The molecule has 0 spiro atoms. The van der Waals surface area contributed by atoms with Gasteiger partial charge in [0, 0.05) is 11.6 Å². The first kappa shape index (κ1) is 15.0. The smallest absolute Gasteiger partial charge is 0.252 e. The van der Waals surface area contributed by atoms with Crippen LogP contribution in [0, 0.1) is 17.7 Å². The van der Waals surface area contributed by atoms with E-state index in [0.717, 1.165) is 25.0 Å². The molecular weight excluding hydrogens is 275 g/mol. The molecule has 1 saturated carbocycles. The van der Waals surface area contributed by atoms with Crippen LogP contribution in [0.5, 0.6) is 0 Å². The topological polar surface area (TPSA) is 78.4 Å². The first-order valence-electron chi connectivity index (χ1n) is 6.57. The van der Waals surface area contributed by atoms with Crippen molar-refractivity contribution in [2.45, 2.75) is 18.9 Å². The van der Waals surface area contributed by atoms with Gasteiger partial charge in [0.1, 0.15) is 12.4 Å². The van der Waals surface area contributed by atoms with Crippen molar-refractivity contribution in [3.63, 3.8) is 0 Å². The number of carbonyl (C=O) groups excluding carboxylic acids is 2. The van der Waals surface area contributed by atoms with Crippen molar-refractivity contribution in [1.29, 1.82) is 0 Å². The normalized spacial score (nSPS) is 13.0. The quantitative estimate of drug-likeness (QED) is 0.692. The summed E-state index contributed by atoms with van der Waals surface area (Å²) in [5.74, 6) is 3.59. The fourth-order valence-corrected chi connectivity index (χ4v) is 1.71. The number of halogens is 1. The van der Waals surface area contributed by atoms with Gasteiger partial charge in [-0.1, -0.05) is 11.8 Å². The van der Waals surface area contributed by atoms with Crippen LogP contribution in [-0.4, -0.2) is 36.1 Å². The molecule has 1 aliphatic rings. The Morgan fingerprint density at radius 3 is 2.81 bits per heavy atom. The SMILES string of the molecule is O=C(CNC(=O)c1ccc(F)cc1C#CCO)NC1CC1. The molecule has 0 heterocycles. The molecule has 1 aliphatic carbocycles. The zero-order valence-electron chi connectivity index (χ0n) is 11.3. The van der Waals surface area contributed by atoms with Crippen LogP contribution >= 0.6 is 0 Å². The molecule has 21 heavy (non-hydrogen) atoms. The van der Waals surface area contributed by atoms with E-state index in [4.69, 9.17) is 5.11 Å². The molecule has 1 fully saturated rings. The average molecular weight is 290 g/mol. The lowest BCUT2D eigenvalue weighted by Crippen LogP contribution is -2.38. The number of amides is 2. The highest BCUT2D eigenvalue weighted by Crippen LogP contribution is 2.18. The lowest BCUT2D eigenvalue weighted by molar-refractivity contribution is -0.120. The van der Waals surface area contributed by atoms with Gasteiger partial charge < -0.3 is 15.7 Å². The lowest BCUT2D eigenvalue weighted by Gasteiger charge is -2.07. The van der Waals surface area contributed by atoms with Gasteiger partial charge >= 0.3 is 0 Å². The van der Waals surface area contributed by atoms with Gasteiger partial charge in [0.2, 0.25) is 5.91 Å². The van der Waals surface area contributed by atoms with Crippen molar-refractivity contribution in [3.05, 3.63) is 35.1 Å². The van der Waals surface area contributed by atoms with Crippen LogP contribution in [-0.2, 0) is 4.79 Å². The molecular formula is C15H15FN2O3. The molecule has 0 saturated heterocycles. The summed E-state index contributed by atoms with van der Waals surface area (Å²) in [6.07, 6.45) is 1.94. The molecule has 0 atom stereocenters. The Labute approximate surface area is 121 Å². The number of aliphatic hydroxyl groups excluding tert-OH is 1. The van der Waals surface area contributed by atoms with Gasteiger partial charge in [-0.2, -0.15) is 0 Å². The van der Waals surface area contributed by atoms with Gasteiger partial charge in [-0.3, -0.25) is 9.59 Å². The zero-order chi connectivity index (χ0) is 15.2. The number of benzene rings is 1. The summed E-state index contributed by atoms with van der Waals surface area (Å²) in [6, 6.07) is 3.78. The second kappa shape index (κ2) is 6.86. The number of aliphatic hydroxyl groups is 1. The summed E-state index contributed by atoms with van der Waals surface area (Å²) in [4.78, 5) is 23.5. The van der Waals surface area contributed by atoms with E-state index in [9.17, 15) is 14.0 Å². The van der Waals surface area contributed by atoms with Crippen LogP contribution in [0.25, 0.3) is 0 Å². The number of hydrogen-bond acceptors (Lipinski definition) is 3. The second-order valence-electron chi connectivity index (χ2n) is 4.67. The minimum atomic E-state index is -0.528. The van der Waals surface area contributed by atoms with Gasteiger partial charge in [0.25, 0.3) is 5.91 Å². The summed E-state index contributed by atoms with van der Waals surface area (Å²) in [5.41, 5.74) is 0.334. The predicted molar refractivity (Wildman–Crippen MR) is 73.9 cm³/mol. The van der Waals surface area contributed by atoms with E-state index in [1.54, 1.807) is 0 Å². The Balaban J connectivity index is 2.01. The zero-order valence-corrected chi connectivity index (χ0v) is 11.3. The van der Waals surface area contributed by atoms with Crippen molar-refractivity contribution in [2.24, 2.45) is 0 Å². The molecule has 1 aromatic carbocycles. The fourth-order valence-electron chi connectivity index (χ4n) is 1.71. The lowest BCUT2D eigenvalue weighted by atomic mass is 10.1. The molecule has 2 rings (SSSR count). The first-order valence-corrected chi connectivity index (χ1v) is 6.57. The third-order valence-corrected chi connectivity index (χ3v) is 2.88. The van der Waals surface area contributed by atoms with Crippen molar-refractivity contribution < 1.29 is 19.1 Å². The molecule has 6 heteroatoms. The number of nitrogens with one attached hydrogen (secondary N) is 2. The number of hydrogen-bond donors (Lipinski definition) is 3. The monoisotopic (exact) mass is 290 g/mol. The average Bonchev–Trinajstić information content (AvgIpc) is 3.26. The molecule has 0 radical (unpaired) electrons. The van der Waals surface area contributed by atoms with Crippen molar-refractivity contribution in [3.8, 4) is 11.8 Å². The van der Waals surface area contributed by atoms with Crippen molar-refractivity contribution in [2.75, 3.05) is 13.2 Å². The minimum Gasteiger partial charge on any atom is -0.384 e. The van der Waals surface area contributed by atoms with Crippen LogP contribution in [0.2, 0.25) is 0 Å². The van der Waals surface area contributed by atoms with Gasteiger partial charge in [-0.05, 0) is 31.0 Å². The summed E-state index contributed by atoms with van der Waals surface area (Å²) in [5, 5.41) is 13.9. The van der Waals surface area contributed by atoms with Crippen LogP contribution < -0.4 is 10.6 Å². The predicted octanol–water partition coefficient (Wildman–Crippen LogP) is 0.178. The number of carbonyl (C=O) groups is 2. The first-order chi connectivity index (χ1) is 10.1. The van der Waals surface area contributed by atoms with E-state index in [1.165, 1.54) is 6.07 Å². The Morgan fingerprint density at radius 1 is 1.38 bits per heavy atom. The Hall–Kier alpha value is -2.39. The minimum absolute atomic E-state index is 0.139. The van der Waals surface area contributed by atoms with E-state index in [2.05, 4.69) is 22.5 Å². The van der Waals surface area contributed by atoms with Gasteiger partial charge in [0.05, 0.1) is 12.1 Å². The second-order valence-corrected chi connectivity index (χ2v) is 4.67. The number of rotatable bonds is 4. The van der Waals surface area contributed by atoms with Gasteiger partial charge in [-0.15, -0.1) is 0 Å². The van der Waals surface area contributed by atoms with E-state index < -0.39 is 11.7 Å².